The molecule has 3 heterocycles. The highest BCUT2D eigenvalue weighted by atomic mass is 16.5. The van der Waals surface area contributed by atoms with Crippen molar-refractivity contribution in [2.45, 2.75) is 57.7 Å². The van der Waals surface area contributed by atoms with Gasteiger partial charge in [0, 0.05) is 40.8 Å². The summed E-state index contributed by atoms with van der Waals surface area (Å²) in [5.41, 5.74) is 5.13. The van der Waals surface area contributed by atoms with Gasteiger partial charge in [0.25, 0.3) is 0 Å². The molecule has 5 nitrogen and oxygen atoms in total. The van der Waals surface area contributed by atoms with Gasteiger partial charge in [-0.2, -0.15) is 0 Å². The first-order valence-corrected chi connectivity index (χ1v) is 11.2. The van der Waals surface area contributed by atoms with Gasteiger partial charge in [0.05, 0.1) is 12.7 Å². The summed E-state index contributed by atoms with van der Waals surface area (Å²) in [5, 5.41) is 10.6. The number of carboxylic acid groups (broad SMARTS) is 1. The van der Waals surface area contributed by atoms with Crippen molar-refractivity contribution in [2.75, 3.05) is 7.11 Å². The highest BCUT2D eigenvalue weighted by molar-refractivity contribution is 5.88. The summed E-state index contributed by atoms with van der Waals surface area (Å²) in [6, 6.07) is 12.4. The van der Waals surface area contributed by atoms with E-state index in [2.05, 4.69) is 35.9 Å². The van der Waals surface area contributed by atoms with Crippen LogP contribution in [0, 0.1) is 12.8 Å². The molecule has 2 bridgehead atoms. The van der Waals surface area contributed by atoms with Gasteiger partial charge in [-0.1, -0.05) is 19.1 Å². The number of nitrogens with zero attached hydrogens (tertiary/aromatic N) is 1. The summed E-state index contributed by atoms with van der Waals surface area (Å²) in [6.45, 7) is 5.30. The van der Waals surface area contributed by atoms with Crippen LogP contribution in [0.2, 0.25) is 0 Å². The molecule has 3 atom stereocenters. The number of rotatable bonds is 5. The van der Waals surface area contributed by atoms with Gasteiger partial charge in [0.1, 0.15) is 5.75 Å². The van der Waals surface area contributed by atoms with E-state index in [9.17, 15) is 9.90 Å². The molecular weight excluding hydrogens is 388 g/mol. The summed E-state index contributed by atoms with van der Waals surface area (Å²) >= 11 is 0. The molecule has 0 unspecified atom stereocenters. The number of aromatic amines is 1. The fourth-order valence-electron chi connectivity index (χ4n) is 6.23. The fraction of sp³-hybridized carbons (Fsp3) is 0.423. The molecule has 162 valence electrons. The number of hydrogen-bond acceptors (Lipinski definition) is 3. The van der Waals surface area contributed by atoms with Crippen LogP contribution in [0.3, 0.4) is 0 Å². The van der Waals surface area contributed by atoms with E-state index in [0.717, 1.165) is 25.1 Å². The first-order chi connectivity index (χ1) is 14.9. The number of fused-ring (bicyclic) bond motifs is 3. The van der Waals surface area contributed by atoms with Gasteiger partial charge in [-0.15, -0.1) is 0 Å². The lowest BCUT2D eigenvalue weighted by Gasteiger charge is -2.48. The number of hydrogen-bond donors (Lipinski definition) is 2. The summed E-state index contributed by atoms with van der Waals surface area (Å²) in [5.74, 6) is 0.718. The predicted octanol–water partition coefficient (Wildman–Crippen LogP) is 5.47. The second-order valence-electron chi connectivity index (χ2n) is 9.42. The van der Waals surface area contributed by atoms with Crippen LogP contribution in [0.1, 0.15) is 59.7 Å². The minimum Gasteiger partial charge on any atom is -0.496 e. The van der Waals surface area contributed by atoms with Gasteiger partial charge in [-0.3, -0.25) is 4.90 Å². The van der Waals surface area contributed by atoms with E-state index in [0.29, 0.717) is 17.5 Å². The van der Waals surface area contributed by atoms with Crippen molar-refractivity contribution in [3.63, 3.8) is 0 Å². The molecule has 0 saturated carbocycles. The average Bonchev–Trinajstić information content (AvgIpc) is 3.32. The number of ether oxygens (including phenoxy) is 1. The zero-order valence-electron chi connectivity index (χ0n) is 18.4. The van der Waals surface area contributed by atoms with Crippen molar-refractivity contribution >= 4 is 16.9 Å². The number of aromatic nitrogens is 1. The lowest BCUT2D eigenvalue weighted by molar-refractivity contribution is 0.0181. The standard InChI is InChI=1S/C26H30N2O3/c1-16-12-20-8-10-26(14-16,19-6-4-18(5-7-19)25(29)30)28(20)15-22-21-9-11-27-24(21)17(2)13-23(22)31-3/h4-7,9,11,13,16,20,27H,8,10,12,14-15H2,1-3H3,(H,29,30)/t16-,20+,26+/m0/s1. The molecule has 5 rings (SSSR count). The number of carbonyl (C=O) groups is 1. The third-order valence-corrected chi connectivity index (χ3v) is 7.57. The molecule has 0 aliphatic carbocycles. The third kappa shape index (κ3) is 3.14. The van der Waals surface area contributed by atoms with Crippen molar-refractivity contribution < 1.29 is 14.6 Å². The minimum atomic E-state index is -0.874. The van der Waals surface area contributed by atoms with Crippen molar-refractivity contribution in [1.82, 2.24) is 9.88 Å². The molecule has 0 spiro atoms. The normalized spacial score (nSPS) is 25.8. The number of benzene rings is 2. The first-order valence-electron chi connectivity index (χ1n) is 11.2. The molecule has 2 aliphatic heterocycles. The Balaban J connectivity index is 1.60. The SMILES string of the molecule is COc1cc(C)c2[nH]ccc2c1CN1[C@@H]2CC[C@]1(c1ccc(C(=O)O)cc1)C[C@@H](C)C2. The van der Waals surface area contributed by atoms with Gasteiger partial charge in [-0.25, -0.2) is 4.79 Å². The molecule has 2 N–H and O–H groups in total. The van der Waals surface area contributed by atoms with E-state index in [4.69, 9.17) is 4.74 Å². The number of methoxy groups -OCH3 is 1. The van der Waals surface area contributed by atoms with E-state index in [1.807, 2.05) is 18.3 Å². The van der Waals surface area contributed by atoms with Crippen molar-refractivity contribution in [3.8, 4) is 5.75 Å². The highest BCUT2D eigenvalue weighted by Gasteiger charge is 2.51. The van der Waals surface area contributed by atoms with E-state index < -0.39 is 5.97 Å². The molecule has 1 aromatic heterocycles. The van der Waals surface area contributed by atoms with Gasteiger partial charge < -0.3 is 14.8 Å². The summed E-state index contributed by atoms with van der Waals surface area (Å²) in [4.78, 5) is 17.4. The van der Waals surface area contributed by atoms with Crippen LogP contribution in [0.15, 0.2) is 42.6 Å². The Morgan fingerprint density at radius 1 is 1.29 bits per heavy atom. The highest BCUT2D eigenvalue weighted by Crippen LogP contribution is 2.53. The van der Waals surface area contributed by atoms with Crippen LogP contribution < -0.4 is 4.74 Å². The Morgan fingerprint density at radius 3 is 2.77 bits per heavy atom. The lowest BCUT2D eigenvalue weighted by Crippen LogP contribution is -2.49. The smallest absolute Gasteiger partial charge is 0.335 e. The number of nitrogens with one attached hydrogen (secondary N) is 1. The predicted molar refractivity (Wildman–Crippen MR) is 122 cm³/mol. The van der Waals surface area contributed by atoms with Crippen LogP contribution in [0.25, 0.3) is 10.9 Å². The lowest BCUT2D eigenvalue weighted by atomic mass is 9.77. The Bertz CT molecular complexity index is 1130. The van der Waals surface area contributed by atoms with Crippen molar-refractivity contribution in [1.29, 1.82) is 0 Å². The number of aryl methyl sites for hydroxylation is 1. The zero-order chi connectivity index (χ0) is 21.8. The van der Waals surface area contributed by atoms with Crippen LogP contribution in [-0.4, -0.2) is 34.1 Å². The average molecular weight is 419 g/mol. The molecule has 0 radical (unpaired) electrons. The molecular formula is C26H30N2O3. The molecule has 5 heteroatoms. The van der Waals surface area contributed by atoms with E-state index in [-0.39, 0.29) is 5.54 Å². The maximum absolute atomic E-state index is 11.4. The van der Waals surface area contributed by atoms with Gasteiger partial charge in [0.15, 0.2) is 0 Å². The van der Waals surface area contributed by atoms with Crippen LogP contribution in [0.4, 0.5) is 0 Å². The largest absolute Gasteiger partial charge is 0.496 e. The topological polar surface area (TPSA) is 65.6 Å². The molecule has 3 aromatic rings. The summed E-state index contributed by atoms with van der Waals surface area (Å²) in [7, 11) is 1.75. The number of piperidine rings is 1. The first kappa shape index (κ1) is 20.1. The van der Waals surface area contributed by atoms with Gasteiger partial charge >= 0.3 is 5.97 Å². The number of aromatic carboxylic acids is 1. The molecule has 2 aliphatic rings. The second-order valence-corrected chi connectivity index (χ2v) is 9.42. The van der Waals surface area contributed by atoms with Crippen molar-refractivity contribution in [3.05, 3.63) is 64.8 Å². The molecule has 2 saturated heterocycles. The molecule has 2 fully saturated rings. The van der Waals surface area contributed by atoms with Gasteiger partial charge in [-0.05, 0) is 73.9 Å². The Kier molecular flexibility index (Phi) is 4.82. The maximum atomic E-state index is 11.4. The summed E-state index contributed by atoms with van der Waals surface area (Å²) < 4.78 is 5.83. The third-order valence-electron chi connectivity index (χ3n) is 7.57. The monoisotopic (exact) mass is 418 g/mol. The van der Waals surface area contributed by atoms with Crippen LogP contribution in [0.5, 0.6) is 5.75 Å². The minimum absolute atomic E-state index is 0.0576. The Hall–Kier alpha value is -2.79. The Morgan fingerprint density at radius 2 is 2.06 bits per heavy atom. The second kappa shape index (κ2) is 7.41. The maximum Gasteiger partial charge on any atom is 0.335 e. The van der Waals surface area contributed by atoms with Gasteiger partial charge in [0.2, 0.25) is 0 Å². The molecule has 2 aromatic carbocycles. The zero-order valence-corrected chi connectivity index (χ0v) is 18.4. The fourth-order valence-corrected chi connectivity index (χ4v) is 6.23. The quantitative estimate of drug-likeness (QED) is 0.576. The summed E-state index contributed by atoms with van der Waals surface area (Å²) in [6.07, 6.45) is 6.60. The van der Waals surface area contributed by atoms with Crippen LogP contribution in [-0.2, 0) is 12.1 Å². The van der Waals surface area contributed by atoms with E-state index in [1.165, 1.54) is 40.4 Å². The van der Waals surface area contributed by atoms with Crippen molar-refractivity contribution in [2.24, 2.45) is 5.92 Å². The molecule has 31 heavy (non-hydrogen) atoms. The number of H-pyrrole nitrogens is 1. The van der Waals surface area contributed by atoms with E-state index >= 15 is 0 Å². The van der Waals surface area contributed by atoms with E-state index in [1.54, 1.807) is 19.2 Å². The number of carboxylic acids is 1. The Labute approximate surface area is 183 Å². The molecule has 0 amide bonds. The van der Waals surface area contributed by atoms with Crippen LogP contribution >= 0.6 is 0 Å².